The quantitative estimate of drug-likeness (QED) is 0.602. The fourth-order valence-electron chi connectivity index (χ4n) is 2.86. The first-order valence-corrected chi connectivity index (χ1v) is 8.40. The van der Waals surface area contributed by atoms with Gasteiger partial charge in [0.2, 0.25) is 11.8 Å². The first-order valence-electron chi connectivity index (χ1n) is 8.40. The Kier molecular flexibility index (Phi) is 6.93. The van der Waals surface area contributed by atoms with Crippen LogP contribution in [0.2, 0.25) is 0 Å². The first-order chi connectivity index (χ1) is 11.6. The van der Waals surface area contributed by atoms with E-state index < -0.39 is 0 Å². The number of nitrogens with one attached hydrogen (secondary N) is 1. The van der Waals surface area contributed by atoms with Crippen LogP contribution in [0, 0.1) is 0 Å². The molecule has 0 aliphatic carbocycles. The number of pyridine rings is 1. The predicted octanol–water partition coefficient (Wildman–Crippen LogP) is 1.15. The van der Waals surface area contributed by atoms with E-state index in [0.29, 0.717) is 6.54 Å². The Bertz CT molecular complexity index is 572. The second kappa shape index (κ2) is 9.17. The van der Waals surface area contributed by atoms with Gasteiger partial charge in [0.25, 0.3) is 0 Å². The number of carbonyl (C=O) groups excluding carboxylic acids is 2. The molecule has 1 N–H and O–H groups in total. The molecule has 1 atom stereocenters. The SMILES string of the molecule is CN(C)C(=O)[C@H]1CCCN1CCCNC(=O)/C=C/c1ccccn1. The molecule has 2 rings (SSSR count). The van der Waals surface area contributed by atoms with E-state index >= 15 is 0 Å². The molecule has 1 aromatic rings. The summed E-state index contributed by atoms with van der Waals surface area (Å²) < 4.78 is 0. The molecule has 1 fully saturated rings. The van der Waals surface area contributed by atoms with Crippen LogP contribution in [-0.2, 0) is 9.59 Å². The lowest BCUT2D eigenvalue weighted by Gasteiger charge is -2.25. The standard InChI is InChI=1S/C18H26N4O2/c1-21(2)18(24)16-8-5-13-22(16)14-6-12-20-17(23)10-9-15-7-3-4-11-19-15/h3-4,7,9-11,16H,5-6,8,12-14H2,1-2H3,(H,20,23)/b10-9+/t16-/m1/s1. The molecular formula is C18H26N4O2. The molecule has 0 radical (unpaired) electrons. The van der Waals surface area contributed by atoms with Gasteiger partial charge in [-0.25, -0.2) is 0 Å². The van der Waals surface area contributed by atoms with Crippen molar-refractivity contribution in [1.82, 2.24) is 20.1 Å². The van der Waals surface area contributed by atoms with Crippen LogP contribution >= 0.6 is 0 Å². The Morgan fingerprint density at radius 3 is 2.96 bits per heavy atom. The zero-order chi connectivity index (χ0) is 17.4. The number of hydrogen-bond acceptors (Lipinski definition) is 4. The Labute approximate surface area is 143 Å². The summed E-state index contributed by atoms with van der Waals surface area (Å²) in [6.07, 6.45) is 7.71. The lowest BCUT2D eigenvalue weighted by molar-refractivity contribution is -0.133. The van der Waals surface area contributed by atoms with Gasteiger partial charge in [0.15, 0.2) is 0 Å². The maximum Gasteiger partial charge on any atom is 0.244 e. The predicted molar refractivity (Wildman–Crippen MR) is 94.2 cm³/mol. The Hall–Kier alpha value is -2.21. The highest BCUT2D eigenvalue weighted by molar-refractivity contribution is 5.91. The first kappa shape index (κ1) is 18.1. The van der Waals surface area contributed by atoms with Gasteiger partial charge in [0.05, 0.1) is 11.7 Å². The summed E-state index contributed by atoms with van der Waals surface area (Å²) in [6, 6.07) is 5.56. The number of aromatic nitrogens is 1. The summed E-state index contributed by atoms with van der Waals surface area (Å²) >= 11 is 0. The second-order valence-corrected chi connectivity index (χ2v) is 6.16. The topological polar surface area (TPSA) is 65.5 Å². The monoisotopic (exact) mass is 330 g/mol. The Balaban J connectivity index is 1.68. The number of likely N-dealkylation sites (tertiary alicyclic amines) is 1. The van der Waals surface area contributed by atoms with E-state index in [2.05, 4.69) is 15.2 Å². The molecule has 2 heterocycles. The minimum atomic E-state index is -0.122. The lowest BCUT2D eigenvalue weighted by Crippen LogP contribution is -2.43. The number of likely N-dealkylation sites (N-methyl/N-ethyl adjacent to an activating group) is 1. The van der Waals surface area contributed by atoms with E-state index in [-0.39, 0.29) is 17.9 Å². The minimum absolute atomic E-state index is 0.000229. The van der Waals surface area contributed by atoms with Crippen LogP contribution in [0.4, 0.5) is 0 Å². The summed E-state index contributed by atoms with van der Waals surface area (Å²) in [5.74, 6) is 0.0535. The smallest absolute Gasteiger partial charge is 0.244 e. The average Bonchev–Trinajstić information content (AvgIpc) is 3.05. The van der Waals surface area contributed by atoms with Gasteiger partial charge in [-0.3, -0.25) is 19.5 Å². The van der Waals surface area contributed by atoms with E-state index in [0.717, 1.165) is 38.0 Å². The number of nitrogens with zero attached hydrogens (tertiary/aromatic N) is 3. The van der Waals surface area contributed by atoms with E-state index in [1.54, 1.807) is 31.3 Å². The summed E-state index contributed by atoms with van der Waals surface area (Å²) in [5, 5.41) is 2.87. The van der Waals surface area contributed by atoms with Crippen molar-refractivity contribution in [2.24, 2.45) is 0 Å². The van der Waals surface area contributed by atoms with Crippen LogP contribution in [0.3, 0.4) is 0 Å². The molecule has 0 bridgehead atoms. The number of rotatable bonds is 7. The van der Waals surface area contributed by atoms with Crippen LogP contribution < -0.4 is 5.32 Å². The van der Waals surface area contributed by atoms with Gasteiger partial charge in [-0.1, -0.05) is 6.07 Å². The van der Waals surface area contributed by atoms with Gasteiger partial charge in [-0.2, -0.15) is 0 Å². The van der Waals surface area contributed by atoms with Crippen molar-refractivity contribution in [3.05, 3.63) is 36.2 Å². The molecule has 6 nitrogen and oxygen atoms in total. The fourth-order valence-corrected chi connectivity index (χ4v) is 2.86. The van der Waals surface area contributed by atoms with E-state index in [4.69, 9.17) is 0 Å². The van der Waals surface area contributed by atoms with Crippen molar-refractivity contribution in [3.8, 4) is 0 Å². The number of hydrogen-bond donors (Lipinski definition) is 1. The van der Waals surface area contributed by atoms with Crippen LogP contribution in [-0.4, -0.2) is 66.4 Å². The van der Waals surface area contributed by atoms with Crippen molar-refractivity contribution in [1.29, 1.82) is 0 Å². The molecule has 0 aromatic carbocycles. The van der Waals surface area contributed by atoms with Gasteiger partial charge in [0.1, 0.15) is 0 Å². The van der Waals surface area contributed by atoms with Crippen molar-refractivity contribution >= 4 is 17.9 Å². The van der Waals surface area contributed by atoms with E-state index in [1.165, 1.54) is 6.08 Å². The summed E-state index contributed by atoms with van der Waals surface area (Å²) in [7, 11) is 3.60. The molecule has 1 aliphatic rings. The molecule has 130 valence electrons. The van der Waals surface area contributed by atoms with Gasteiger partial charge in [-0.15, -0.1) is 0 Å². The van der Waals surface area contributed by atoms with E-state index in [9.17, 15) is 9.59 Å². The minimum Gasteiger partial charge on any atom is -0.353 e. The summed E-state index contributed by atoms with van der Waals surface area (Å²) in [5.41, 5.74) is 0.759. The summed E-state index contributed by atoms with van der Waals surface area (Å²) in [4.78, 5) is 31.9. The van der Waals surface area contributed by atoms with Crippen molar-refractivity contribution < 1.29 is 9.59 Å². The molecule has 1 saturated heterocycles. The Morgan fingerprint density at radius 1 is 1.42 bits per heavy atom. The summed E-state index contributed by atoms with van der Waals surface area (Å²) in [6.45, 7) is 2.39. The molecular weight excluding hydrogens is 304 g/mol. The van der Waals surface area contributed by atoms with Gasteiger partial charge in [-0.05, 0) is 44.0 Å². The molecule has 6 heteroatoms. The molecule has 0 unspecified atom stereocenters. The van der Waals surface area contributed by atoms with Gasteiger partial charge in [0, 0.05) is 39.5 Å². The molecule has 1 aromatic heterocycles. The third-order valence-corrected chi connectivity index (χ3v) is 4.10. The zero-order valence-electron chi connectivity index (χ0n) is 14.4. The highest BCUT2D eigenvalue weighted by Crippen LogP contribution is 2.18. The molecule has 2 amide bonds. The normalized spacial score (nSPS) is 18.0. The van der Waals surface area contributed by atoms with Crippen molar-refractivity contribution in [3.63, 3.8) is 0 Å². The molecule has 1 aliphatic heterocycles. The van der Waals surface area contributed by atoms with E-state index in [1.807, 2.05) is 18.2 Å². The molecule has 0 saturated carbocycles. The van der Waals surface area contributed by atoms with Crippen LogP contribution in [0.5, 0.6) is 0 Å². The van der Waals surface area contributed by atoms with Crippen LogP contribution in [0.15, 0.2) is 30.5 Å². The van der Waals surface area contributed by atoms with Crippen LogP contribution in [0.25, 0.3) is 6.08 Å². The third kappa shape index (κ3) is 5.45. The molecule has 0 spiro atoms. The zero-order valence-corrected chi connectivity index (χ0v) is 14.4. The van der Waals surface area contributed by atoms with Crippen LogP contribution in [0.1, 0.15) is 25.0 Å². The van der Waals surface area contributed by atoms with Crippen molar-refractivity contribution in [2.75, 3.05) is 33.7 Å². The third-order valence-electron chi connectivity index (χ3n) is 4.10. The fraction of sp³-hybridized carbons (Fsp3) is 0.500. The molecule has 24 heavy (non-hydrogen) atoms. The highest BCUT2D eigenvalue weighted by atomic mass is 16.2. The average molecular weight is 330 g/mol. The highest BCUT2D eigenvalue weighted by Gasteiger charge is 2.30. The number of amides is 2. The van der Waals surface area contributed by atoms with Crippen molar-refractivity contribution in [2.45, 2.75) is 25.3 Å². The maximum absolute atomic E-state index is 12.1. The largest absolute Gasteiger partial charge is 0.353 e. The Morgan fingerprint density at radius 2 is 2.25 bits per heavy atom. The number of carbonyl (C=O) groups is 2. The maximum atomic E-state index is 12.1. The van der Waals surface area contributed by atoms with Gasteiger partial charge < -0.3 is 10.2 Å². The lowest BCUT2D eigenvalue weighted by atomic mass is 10.2. The van der Waals surface area contributed by atoms with Gasteiger partial charge >= 0.3 is 0 Å². The second-order valence-electron chi connectivity index (χ2n) is 6.16.